The van der Waals surface area contributed by atoms with Gasteiger partial charge in [-0.3, -0.25) is 0 Å². The number of para-hydroxylation sites is 2. The highest BCUT2D eigenvalue weighted by atomic mass is 32.2. The van der Waals surface area contributed by atoms with E-state index in [1.165, 1.54) is 12.1 Å². The van der Waals surface area contributed by atoms with E-state index in [-0.39, 0.29) is 15.7 Å². The maximum Gasteiger partial charge on any atom is 0.268 e. The van der Waals surface area contributed by atoms with Crippen molar-refractivity contribution in [2.45, 2.75) is 11.8 Å². The summed E-state index contributed by atoms with van der Waals surface area (Å²) in [4.78, 5) is -0.184. The van der Waals surface area contributed by atoms with E-state index < -0.39 is 69.4 Å². The molecule has 3 nitrogen and oxygen atoms in total. The van der Waals surface area contributed by atoms with E-state index >= 15 is 0 Å². The summed E-state index contributed by atoms with van der Waals surface area (Å²) in [5, 5.41) is -0.549. The number of hydrogen-bond donors (Lipinski definition) is 0. The standard InChI is InChI=1S/C19H15NO2S/c1-14-10-12-15(13-11-14)23(21,22)20-18-8-4-2-6-16(18)17-7-3-5-9-19(17)20/h2-13H,1H3/i2D,3D,4D,5D,6D,7D,8D,9D. The van der Waals surface area contributed by atoms with E-state index in [1.807, 2.05) is 0 Å². The number of aryl methyl sites for hydroxylation is 1. The second kappa shape index (κ2) is 4.96. The molecule has 0 radical (unpaired) electrons. The minimum absolute atomic E-state index is 0.184. The molecule has 23 heavy (non-hydrogen) atoms. The Morgan fingerprint density at radius 1 is 0.826 bits per heavy atom. The number of fused-ring (bicyclic) bond motifs is 3. The van der Waals surface area contributed by atoms with E-state index in [4.69, 9.17) is 11.0 Å². The molecule has 3 aromatic carbocycles. The summed E-state index contributed by atoms with van der Waals surface area (Å²) in [5.41, 5.74) is -0.0489. The zero-order valence-electron chi connectivity index (χ0n) is 20.0. The summed E-state index contributed by atoms with van der Waals surface area (Å²) in [7, 11) is -4.48. The smallest absolute Gasteiger partial charge is 0.233 e. The number of aromatic nitrogens is 1. The van der Waals surface area contributed by atoms with Crippen LogP contribution in [-0.2, 0) is 10.0 Å². The fourth-order valence-corrected chi connectivity index (χ4v) is 3.89. The molecule has 0 N–H and O–H groups in total. The molecule has 0 saturated carbocycles. The lowest BCUT2D eigenvalue weighted by atomic mass is 10.2. The minimum Gasteiger partial charge on any atom is -0.233 e. The van der Waals surface area contributed by atoms with Gasteiger partial charge < -0.3 is 0 Å². The fraction of sp³-hybridized carbons (Fsp3) is 0.0526. The molecule has 0 aliphatic carbocycles. The molecule has 1 aromatic heterocycles. The minimum atomic E-state index is -4.48. The number of rotatable bonds is 2. The van der Waals surface area contributed by atoms with Crippen LogP contribution in [0.4, 0.5) is 0 Å². The van der Waals surface area contributed by atoms with E-state index in [0.717, 1.165) is 5.56 Å². The Balaban J connectivity index is 2.39. The predicted octanol–water partition coefficient (Wildman–Crippen LogP) is 4.34. The molecule has 0 amide bonds. The van der Waals surface area contributed by atoms with Crippen molar-refractivity contribution in [2.75, 3.05) is 0 Å². The maximum atomic E-state index is 13.6. The number of nitrogens with zero attached hydrogens (tertiary/aromatic N) is 1. The Kier molecular flexibility index (Phi) is 1.68. The van der Waals surface area contributed by atoms with E-state index in [2.05, 4.69) is 0 Å². The van der Waals surface area contributed by atoms with Crippen molar-refractivity contribution in [3.05, 3.63) is 78.2 Å². The van der Waals surface area contributed by atoms with Gasteiger partial charge in [0.05, 0.1) is 26.9 Å². The van der Waals surface area contributed by atoms with Crippen molar-refractivity contribution in [1.29, 1.82) is 0 Å². The molecule has 0 saturated heterocycles. The highest BCUT2D eigenvalue weighted by Gasteiger charge is 2.22. The third kappa shape index (κ3) is 2.06. The molecular formula is C19H15NO2S. The van der Waals surface area contributed by atoms with Crippen molar-refractivity contribution in [3.63, 3.8) is 0 Å². The van der Waals surface area contributed by atoms with Crippen molar-refractivity contribution in [1.82, 2.24) is 3.97 Å². The van der Waals surface area contributed by atoms with Crippen LogP contribution < -0.4 is 0 Å². The Bertz CT molecular complexity index is 1450. The predicted molar refractivity (Wildman–Crippen MR) is 93.2 cm³/mol. The van der Waals surface area contributed by atoms with Gasteiger partial charge in [-0.25, -0.2) is 12.4 Å². The molecule has 0 fully saturated rings. The molecule has 114 valence electrons. The van der Waals surface area contributed by atoms with Crippen molar-refractivity contribution in [3.8, 4) is 0 Å². The summed E-state index contributed by atoms with van der Waals surface area (Å²) in [6.07, 6.45) is 0. The first-order valence-electron chi connectivity index (χ1n) is 10.7. The summed E-state index contributed by atoms with van der Waals surface area (Å²) < 4.78 is 93.0. The van der Waals surface area contributed by atoms with Crippen LogP contribution in [0.15, 0.2) is 77.5 Å². The van der Waals surface area contributed by atoms with E-state index in [0.29, 0.717) is 3.97 Å². The SMILES string of the molecule is [2H]c1c([2H])c([2H])c2c(c1[2H])c1c([2H])c([2H])c([2H])c([2H])c1n2S(=O)(=O)c1ccc(C)cc1. The van der Waals surface area contributed by atoms with Gasteiger partial charge in [0.15, 0.2) is 0 Å². The molecule has 0 aliphatic rings. The van der Waals surface area contributed by atoms with Crippen LogP contribution in [0, 0.1) is 6.92 Å². The molecule has 4 aromatic rings. The van der Waals surface area contributed by atoms with Crippen molar-refractivity contribution in [2.24, 2.45) is 0 Å². The van der Waals surface area contributed by atoms with Gasteiger partial charge in [-0.1, -0.05) is 54.0 Å². The van der Waals surface area contributed by atoms with Crippen molar-refractivity contribution >= 4 is 31.8 Å². The first kappa shape index (κ1) is 7.79. The monoisotopic (exact) mass is 329 g/mol. The molecular weight excluding hydrogens is 306 g/mol. The van der Waals surface area contributed by atoms with Gasteiger partial charge in [0.25, 0.3) is 10.0 Å². The highest BCUT2D eigenvalue weighted by Crippen LogP contribution is 2.32. The van der Waals surface area contributed by atoms with Gasteiger partial charge in [0.2, 0.25) is 0 Å². The van der Waals surface area contributed by atoms with E-state index in [1.54, 1.807) is 19.1 Å². The van der Waals surface area contributed by atoms with Crippen LogP contribution in [0.2, 0.25) is 0 Å². The van der Waals surface area contributed by atoms with Gasteiger partial charge in [-0.05, 0) is 31.1 Å². The van der Waals surface area contributed by atoms with Crippen LogP contribution in [0.1, 0.15) is 16.5 Å². The lowest BCUT2D eigenvalue weighted by molar-refractivity contribution is 0.590. The summed E-state index contributed by atoms with van der Waals surface area (Å²) in [5.74, 6) is 0. The second-order valence-electron chi connectivity index (χ2n) is 5.03. The van der Waals surface area contributed by atoms with Gasteiger partial charge in [-0.15, -0.1) is 0 Å². The van der Waals surface area contributed by atoms with Crippen LogP contribution >= 0.6 is 0 Å². The molecule has 0 unspecified atom stereocenters. The third-order valence-electron chi connectivity index (χ3n) is 3.55. The molecule has 0 bridgehead atoms. The third-order valence-corrected chi connectivity index (χ3v) is 5.26. The molecule has 4 heteroatoms. The first-order valence-corrected chi connectivity index (χ1v) is 8.18. The summed E-state index contributed by atoms with van der Waals surface area (Å²) in [6, 6.07) is 0.726. The quantitative estimate of drug-likeness (QED) is 0.549. The molecule has 1 heterocycles. The normalized spacial score (nSPS) is 16.9. The highest BCUT2D eigenvalue weighted by molar-refractivity contribution is 7.90. The van der Waals surface area contributed by atoms with Gasteiger partial charge in [0, 0.05) is 10.8 Å². The Morgan fingerprint density at radius 2 is 1.30 bits per heavy atom. The molecule has 4 rings (SSSR count). The molecule has 0 spiro atoms. The average molecular weight is 329 g/mol. The molecule has 0 aliphatic heterocycles. The zero-order valence-corrected chi connectivity index (χ0v) is 12.8. The fourth-order valence-electron chi connectivity index (χ4n) is 2.45. The number of hydrogen-bond acceptors (Lipinski definition) is 2. The lowest BCUT2D eigenvalue weighted by Crippen LogP contribution is -2.12. The topological polar surface area (TPSA) is 39.1 Å². The van der Waals surface area contributed by atoms with Crippen LogP contribution in [-0.4, -0.2) is 12.4 Å². The molecule has 0 atom stereocenters. The lowest BCUT2D eigenvalue weighted by Gasteiger charge is -2.09. The van der Waals surface area contributed by atoms with Gasteiger partial charge in [-0.2, -0.15) is 0 Å². The van der Waals surface area contributed by atoms with Gasteiger partial charge in [0.1, 0.15) is 0 Å². The van der Waals surface area contributed by atoms with E-state index in [9.17, 15) is 8.42 Å². The van der Waals surface area contributed by atoms with Crippen LogP contribution in [0.3, 0.4) is 0 Å². The Hall–Kier alpha value is -2.59. The Morgan fingerprint density at radius 3 is 1.83 bits per heavy atom. The largest absolute Gasteiger partial charge is 0.268 e. The maximum absolute atomic E-state index is 13.6. The van der Waals surface area contributed by atoms with Crippen LogP contribution in [0.25, 0.3) is 21.8 Å². The van der Waals surface area contributed by atoms with Crippen molar-refractivity contribution < 1.29 is 19.4 Å². The van der Waals surface area contributed by atoms with Crippen LogP contribution in [0.5, 0.6) is 0 Å². The first-order chi connectivity index (χ1) is 14.4. The summed E-state index contributed by atoms with van der Waals surface area (Å²) in [6.45, 7) is 1.77. The number of benzene rings is 3. The Labute approximate surface area is 146 Å². The zero-order chi connectivity index (χ0) is 23.0. The average Bonchev–Trinajstić information content (AvgIpc) is 3.11. The second-order valence-corrected chi connectivity index (χ2v) is 6.82. The summed E-state index contributed by atoms with van der Waals surface area (Å²) >= 11 is 0. The van der Waals surface area contributed by atoms with Gasteiger partial charge >= 0.3 is 0 Å².